The van der Waals surface area contributed by atoms with E-state index in [0.29, 0.717) is 17.9 Å². The first-order chi connectivity index (χ1) is 9.51. The van der Waals surface area contributed by atoms with Gasteiger partial charge in [0.15, 0.2) is 0 Å². The van der Waals surface area contributed by atoms with Gasteiger partial charge in [0.2, 0.25) is 5.91 Å². The van der Waals surface area contributed by atoms with Crippen molar-refractivity contribution in [3.8, 4) is 0 Å². The lowest BCUT2D eigenvalue weighted by molar-refractivity contribution is -0.132. The predicted molar refractivity (Wildman–Crippen MR) is 85.5 cm³/mol. The molecule has 0 aliphatic carbocycles. The SMILES string of the molecule is CCCCC1NC(CC(C)C)N(C(C)CCCC)C1=O. The molecule has 3 atom stereocenters. The zero-order valence-corrected chi connectivity index (χ0v) is 14.1. The van der Waals surface area contributed by atoms with Crippen molar-refractivity contribution in [1.82, 2.24) is 10.2 Å². The van der Waals surface area contributed by atoms with E-state index in [-0.39, 0.29) is 12.2 Å². The molecular formula is C17H34N2O. The molecule has 1 N–H and O–H groups in total. The molecule has 20 heavy (non-hydrogen) atoms. The Kier molecular flexibility index (Phi) is 7.57. The van der Waals surface area contributed by atoms with E-state index in [1.54, 1.807) is 0 Å². The van der Waals surface area contributed by atoms with Crippen molar-refractivity contribution < 1.29 is 4.79 Å². The van der Waals surface area contributed by atoms with E-state index in [1.807, 2.05) is 0 Å². The molecule has 0 aromatic rings. The molecule has 0 bridgehead atoms. The lowest BCUT2D eigenvalue weighted by atomic mass is 10.1. The number of hydrogen-bond donors (Lipinski definition) is 1. The molecule has 1 fully saturated rings. The van der Waals surface area contributed by atoms with E-state index in [2.05, 4.69) is 44.8 Å². The molecule has 3 heteroatoms. The maximum absolute atomic E-state index is 12.7. The Morgan fingerprint density at radius 2 is 1.80 bits per heavy atom. The van der Waals surface area contributed by atoms with Crippen molar-refractivity contribution in [2.75, 3.05) is 0 Å². The van der Waals surface area contributed by atoms with E-state index in [9.17, 15) is 4.79 Å². The van der Waals surface area contributed by atoms with Crippen molar-refractivity contribution in [3.63, 3.8) is 0 Å². The molecule has 0 spiro atoms. The molecule has 3 unspecified atom stereocenters. The number of amides is 1. The number of hydrogen-bond acceptors (Lipinski definition) is 2. The van der Waals surface area contributed by atoms with Crippen molar-refractivity contribution in [2.24, 2.45) is 5.92 Å². The Morgan fingerprint density at radius 3 is 2.35 bits per heavy atom. The van der Waals surface area contributed by atoms with Gasteiger partial charge in [-0.2, -0.15) is 0 Å². The third kappa shape index (κ3) is 4.76. The predicted octanol–water partition coefficient (Wildman–Crippen LogP) is 3.93. The van der Waals surface area contributed by atoms with Gasteiger partial charge < -0.3 is 4.90 Å². The standard InChI is InChI=1S/C17H34N2O/c1-6-8-10-14(5)19-16(12-13(3)4)18-15(17(19)20)11-9-7-2/h13-16,18H,6-12H2,1-5H3. The van der Waals surface area contributed by atoms with Crippen LogP contribution in [0.15, 0.2) is 0 Å². The molecule has 1 aliphatic heterocycles. The first-order valence-electron chi connectivity index (χ1n) is 8.59. The Labute approximate surface area is 125 Å². The lowest BCUT2D eigenvalue weighted by Gasteiger charge is -2.31. The van der Waals surface area contributed by atoms with Gasteiger partial charge in [0, 0.05) is 6.04 Å². The fourth-order valence-corrected chi connectivity index (χ4v) is 3.12. The molecular weight excluding hydrogens is 248 g/mol. The highest BCUT2D eigenvalue weighted by molar-refractivity contribution is 5.84. The van der Waals surface area contributed by atoms with Crippen molar-refractivity contribution >= 4 is 5.91 Å². The Balaban J connectivity index is 2.70. The van der Waals surface area contributed by atoms with Crippen LogP contribution in [-0.2, 0) is 4.79 Å². The largest absolute Gasteiger partial charge is 0.323 e. The zero-order valence-electron chi connectivity index (χ0n) is 14.1. The van der Waals surface area contributed by atoms with Gasteiger partial charge in [-0.1, -0.05) is 53.4 Å². The van der Waals surface area contributed by atoms with E-state index in [1.165, 1.54) is 12.8 Å². The number of carbonyl (C=O) groups excluding carboxylic acids is 1. The van der Waals surface area contributed by atoms with Gasteiger partial charge in [0.25, 0.3) is 0 Å². The molecule has 3 nitrogen and oxygen atoms in total. The van der Waals surface area contributed by atoms with Crippen molar-refractivity contribution in [3.05, 3.63) is 0 Å². The van der Waals surface area contributed by atoms with E-state index < -0.39 is 0 Å². The Hall–Kier alpha value is -0.570. The Morgan fingerprint density at radius 1 is 1.15 bits per heavy atom. The average Bonchev–Trinajstić information content (AvgIpc) is 2.69. The number of rotatable bonds is 9. The maximum atomic E-state index is 12.7. The van der Waals surface area contributed by atoms with Crippen LogP contribution in [0.3, 0.4) is 0 Å². The second-order valence-electron chi connectivity index (χ2n) is 6.74. The van der Waals surface area contributed by atoms with Crippen LogP contribution in [0.25, 0.3) is 0 Å². The van der Waals surface area contributed by atoms with Crippen LogP contribution in [0.1, 0.15) is 79.6 Å². The van der Waals surface area contributed by atoms with Crippen molar-refractivity contribution in [1.29, 1.82) is 0 Å². The van der Waals surface area contributed by atoms with Gasteiger partial charge in [-0.3, -0.25) is 10.1 Å². The summed E-state index contributed by atoms with van der Waals surface area (Å²) in [4.78, 5) is 14.8. The molecule has 0 saturated carbocycles. The molecule has 0 aromatic heterocycles. The average molecular weight is 282 g/mol. The van der Waals surface area contributed by atoms with Gasteiger partial charge in [-0.15, -0.1) is 0 Å². The van der Waals surface area contributed by atoms with Gasteiger partial charge >= 0.3 is 0 Å². The van der Waals surface area contributed by atoms with E-state index in [4.69, 9.17) is 0 Å². The van der Waals surface area contributed by atoms with Crippen LogP contribution in [0.2, 0.25) is 0 Å². The first kappa shape index (κ1) is 17.5. The maximum Gasteiger partial charge on any atom is 0.241 e. The summed E-state index contributed by atoms with van der Waals surface area (Å²) < 4.78 is 0. The van der Waals surface area contributed by atoms with E-state index in [0.717, 1.165) is 32.1 Å². The van der Waals surface area contributed by atoms with Crippen LogP contribution in [0, 0.1) is 5.92 Å². The van der Waals surface area contributed by atoms with Crippen LogP contribution >= 0.6 is 0 Å². The number of carbonyl (C=O) groups is 1. The molecule has 1 saturated heterocycles. The lowest BCUT2D eigenvalue weighted by Crippen LogP contribution is -2.44. The van der Waals surface area contributed by atoms with Gasteiger partial charge in [-0.05, 0) is 32.1 Å². The highest BCUT2D eigenvalue weighted by Gasteiger charge is 2.40. The number of nitrogens with one attached hydrogen (secondary N) is 1. The summed E-state index contributed by atoms with van der Waals surface area (Å²) in [7, 11) is 0. The molecule has 1 amide bonds. The summed E-state index contributed by atoms with van der Waals surface area (Å²) in [6.45, 7) is 11.1. The first-order valence-corrected chi connectivity index (χ1v) is 8.59. The second-order valence-corrected chi connectivity index (χ2v) is 6.74. The molecule has 1 rings (SSSR count). The summed E-state index contributed by atoms with van der Waals surface area (Å²) >= 11 is 0. The summed E-state index contributed by atoms with van der Waals surface area (Å²) in [6.07, 6.45) is 8.12. The molecule has 118 valence electrons. The summed E-state index contributed by atoms with van der Waals surface area (Å²) in [5, 5.41) is 3.59. The van der Waals surface area contributed by atoms with Crippen LogP contribution in [0.5, 0.6) is 0 Å². The fraction of sp³-hybridized carbons (Fsp3) is 0.941. The molecule has 1 aliphatic rings. The number of nitrogens with zero attached hydrogens (tertiary/aromatic N) is 1. The smallest absolute Gasteiger partial charge is 0.241 e. The number of unbranched alkanes of at least 4 members (excludes halogenated alkanes) is 2. The normalized spacial score (nSPS) is 24.7. The molecule has 0 aromatic carbocycles. The third-order valence-electron chi connectivity index (χ3n) is 4.27. The minimum absolute atomic E-state index is 0.0581. The summed E-state index contributed by atoms with van der Waals surface area (Å²) in [5.41, 5.74) is 0. The van der Waals surface area contributed by atoms with Crippen LogP contribution < -0.4 is 5.32 Å². The van der Waals surface area contributed by atoms with E-state index >= 15 is 0 Å². The second kappa shape index (κ2) is 8.66. The topological polar surface area (TPSA) is 32.3 Å². The highest BCUT2D eigenvalue weighted by Crippen LogP contribution is 2.24. The monoisotopic (exact) mass is 282 g/mol. The van der Waals surface area contributed by atoms with Gasteiger partial charge in [0.1, 0.15) is 0 Å². The molecule has 0 radical (unpaired) electrons. The van der Waals surface area contributed by atoms with Gasteiger partial charge in [0.05, 0.1) is 12.2 Å². The minimum atomic E-state index is 0.0581. The van der Waals surface area contributed by atoms with Gasteiger partial charge in [-0.25, -0.2) is 0 Å². The zero-order chi connectivity index (χ0) is 15.1. The summed E-state index contributed by atoms with van der Waals surface area (Å²) in [5.74, 6) is 0.957. The minimum Gasteiger partial charge on any atom is -0.323 e. The quantitative estimate of drug-likeness (QED) is 0.695. The highest BCUT2D eigenvalue weighted by atomic mass is 16.2. The third-order valence-corrected chi connectivity index (χ3v) is 4.27. The van der Waals surface area contributed by atoms with Crippen LogP contribution in [-0.4, -0.2) is 29.1 Å². The fourth-order valence-electron chi connectivity index (χ4n) is 3.12. The summed E-state index contributed by atoms with van der Waals surface area (Å²) in [6, 6.07) is 0.424. The van der Waals surface area contributed by atoms with Crippen LogP contribution in [0.4, 0.5) is 0 Å². The van der Waals surface area contributed by atoms with Crippen molar-refractivity contribution in [2.45, 2.75) is 97.8 Å². The Bertz CT molecular complexity index is 291. The molecule has 1 heterocycles.